The lowest BCUT2D eigenvalue weighted by atomic mass is 9.71. The van der Waals surface area contributed by atoms with Crippen LogP contribution in [0.15, 0.2) is 0 Å². The molecule has 0 N–H and O–H groups in total. The predicted molar refractivity (Wildman–Crippen MR) is 72.0 cm³/mol. The van der Waals surface area contributed by atoms with Crippen LogP contribution in [0.25, 0.3) is 0 Å². The van der Waals surface area contributed by atoms with Gasteiger partial charge in [-0.1, -0.05) is 41.5 Å². The number of carbonyl (C=O) groups excluding carboxylic acids is 1. The van der Waals surface area contributed by atoms with Gasteiger partial charge in [0.25, 0.3) is 0 Å². The van der Waals surface area contributed by atoms with E-state index in [1.54, 1.807) is 0 Å². The number of Topliss-reactive ketones (excluding diaryl/α,β-unsaturated/α-hetero) is 1. The second-order valence-electron chi connectivity index (χ2n) is 6.00. The summed E-state index contributed by atoms with van der Waals surface area (Å²) in [6.45, 7) is 13.0. The van der Waals surface area contributed by atoms with E-state index in [1.807, 2.05) is 50.7 Å². The van der Waals surface area contributed by atoms with Crippen LogP contribution in [-0.4, -0.2) is 12.4 Å². The lowest BCUT2D eigenvalue weighted by molar-refractivity contribution is -0.132. The van der Waals surface area contributed by atoms with Crippen molar-refractivity contribution in [1.29, 1.82) is 0 Å². The number of carbonyl (C=O) groups is 1. The highest BCUT2D eigenvalue weighted by Crippen LogP contribution is 2.36. The molecule has 0 heterocycles. The molecular formula is C12H23IO2. The predicted octanol–water partition coefficient (Wildman–Crippen LogP) is 4.02. The average molecular weight is 326 g/mol. The minimum Gasteiger partial charge on any atom is -0.315 e. The molecule has 2 nitrogen and oxygen atoms in total. The van der Waals surface area contributed by atoms with Gasteiger partial charge in [0.1, 0.15) is 28.8 Å². The summed E-state index contributed by atoms with van der Waals surface area (Å²) in [5, 5.41) is 0. The van der Waals surface area contributed by atoms with Crippen molar-refractivity contribution in [1.82, 2.24) is 0 Å². The molecule has 3 heteroatoms. The average Bonchev–Trinajstić information content (AvgIpc) is 2.00. The first-order chi connectivity index (χ1) is 6.62. The molecule has 0 saturated heterocycles. The van der Waals surface area contributed by atoms with Gasteiger partial charge in [0, 0.05) is 11.3 Å². The summed E-state index contributed by atoms with van der Waals surface area (Å²) in [5.74, 6) is 0.445. The van der Waals surface area contributed by atoms with Crippen molar-refractivity contribution in [3.05, 3.63) is 0 Å². The summed E-state index contributed by atoms with van der Waals surface area (Å²) in [6, 6.07) is 0. The maximum Gasteiger partial charge on any atom is 0.141 e. The van der Waals surface area contributed by atoms with E-state index < -0.39 is 0 Å². The first-order valence-electron chi connectivity index (χ1n) is 5.40. The molecule has 0 aromatic carbocycles. The van der Waals surface area contributed by atoms with Crippen molar-refractivity contribution >= 4 is 28.8 Å². The smallest absolute Gasteiger partial charge is 0.141 e. The highest BCUT2D eigenvalue weighted by Gasteiger charge is 2.35. The summed E-state index contributed by atoms with van der Waals surface area (Å²) in [4.78, 5) is 12.0. The summed E-state index contributed by atoms with van der Waals surface area (Å²) in [6.07, 6.45) is 0.861. The summed E-state index contributed by atoms with van der Waals surface area (Å²) in [7, 11) is 0. The molecule has 0 amide bonds. The Morgan fingerprint density at radius 1 is 1.27 bits per heavy atom. The second kappa shape index (κ2) is 5.62. The molecule has 0 aromatic heterocycles. The van der Waals surface area contributed by atoms with E-state index in [0.717, 1.165) is 6.42 Å². The molecule has 0 aliphatic heterocycles. The maximum absolute atomic E-state index is 12.0. The van der Waals surface area contributed by atoms with Crippen LogP contribution in [0.2, 0.25) is 0 Å². The number of halogens is 1. The summed E-state index contributed by atoms with van der Waals surface area (Å²) in [5.41, 5.74) is -0.206. The number of hydrogen-bond donors (Lipinski definition) is 0. The van der Waals surface area contributed by atoms with Crippen LogP contribution in [0.1, 0.15) is 48.0 Å². The molecule has 0 fully saturated rings. The largest absolute Gasteiger partial charge is 0.315 e. The van der Waals surface area contributed by atoms with Gasteiger partial charge in [-0.3, -0.25) is 4.79 Å². The molecule has 0 unspecified atom stereocenters. The Balaban J connectivity index is 4.56. The van der Waals surface area contributed by atoms with Crippen molar-refractivity contribution in [3.8, 4) is 0 Å². The van der Waals surface area contributed by atoms with Gasteiger partial charge in [-0.05, 0) is 11.8 Å². The van der Waals surface area contributed by atoms with Crippen LogP contribution in [0.3, 0.4) is 0 Å². The molecular weight excluding hydrogens is 303 g/mol. The Morgan fingerprint density at radius 3 is 2.07 bits per heavy atom. The fourth-order valence-corrected chi connectivity index (χ4v) is 3.11. The molecule has 0 aliphatic rings. The normalized spacial score (nSPS) is 13.3. The Kier molecular flexibility index (Phi) is 5.75. The molecule has 0 bridgehead atoms. The fourth-order valence-electron chi connectivity index (χ4n) is 2.26. The van der Waals surface area contributed by atoms with Crippen LogP contribution in [0.4, 0.5) is 0 Å². The maximum atomic E-state index is 12.0. The minimum atomic E-state index is -0.257. The molecule has 0 saturated carbocycles. The molecule has 0 aliphatic carbocycles. The van der Waals surface area contributed by atoms with Gasteiger partial charge in [0.2, 0.25) is 0 Å². The van der Waals surface area contributed by atoms with Gasteiger partial charge < -0.3 is 3.07 Å². The highest BCUT2D eigenvalue weighted by molar-refractivity contribution is 14.1. The van der Waals surface area contributed by atoms with E-state index in [2.05, 4.69) is 13.8 Å². The standard InChI is InChI=1S/C12H23IO2/c1-9(2)10(14)12(5,6)7-11(3,4)8-15-13/h9H,7-8H2,1-6H3. The summed E-state index contributed by atoms with van der Waals surface area (Å²) < 4.78 is 5.15. The van der Waals surface area contributed by atoms with E-state index in [-0.39, 0.29) is 16.7 Å². The highest BCUT2D eigenvalue weighted by atomic mass is 127. The lowest BCUT2D eigenvalue weighted by Crippen LogP contribution is -2.34. The third kappa shape index (κ3) is 5.29. The van der Waals surface area contributed by atoms with Gasteiger partial charge >= 0.3 is 0 Å². The number of hydrogen-bond acceptors (Lipinski definition) is 2. The molecule has 0 rings (SSSR count). The SMILES string of the molecule is CC(C)C(=O)C(C)(C)CC(C)(C)COI. The van der Waals surface area contributed by atoms with Crippen molar-refractivity contribution in [2.24, 2.45) is 16.7 Å². The Morgan fingerprint density at radius 2 is 1.73 bits per heavy atom. The fraction of sp³-hybridized carbons (Fsp3) is 0.917. The third-order valence-corrected chi connectivity index (χ3v) is 2.87. The van der Waals surface area contributed by atoms with E-state index in [9.17, 15) is 4.79 Å². The van der Waals surface area contributed by atoms with Crippen LogP contribution in [0.5, 0.6) is 0 Å². The van der Waals surface area contributed by atoms with Crippen LogP contribution in [-0.2, 0) is 7.86 Å². The Bertz CT molecular complexity index is 220. The topological polar surface area (TPSA) is 26.3 Å². The number of ketones is 1. The van der Waals surface area contributed by atoms with Gasteiger partial charge in [0.05, 0.1) is 6.61 Å². The Hall–Kier alpha value is 0.360. The molecule has 15 heavy (non-hydrogen) atoms. The first-order valence-corrected chi connectivity index (χ1v) is 6.28. The van der Waals surface area contributed by atoms with E-state index >= 15 is 0 Å². The number of rotatable bonds is 6. The van der Waals surface area contributed by atoms with E-state index in [0.29, 0.717) is 12.4 Å². The van der Waals surface area contributed by atoms with Gasteiger partial charge in [0.15, 0.2) is 0 Å². The quantitative estimate of drug-likeness (QED) is 0.689. The zero-order valence-electron chi connectivity index (χ0n) is 10.7. The van der Waals surface area contributed by atoms with Gasteiger partial charge in [-0.15, -0.1) is 0 Å². The second-order valence-corrected chi connectivity index (χ2v) is 6.62. The van der Waals surface area contributed by atoms with Crippen LogP contribution in [0, 0.1) is 16.7 Å². The first kappa shape index (κ1) is 15.4. The third-order valence-electron chi connectivity index (χ3n) is 2.56. The van der Waals surface area contributed by atoms with Gasteiger partial charge in [-0.25, -0.2) is 0 Å². The zero-order chi connectivity index (χ0) is 12.3. The van der Waals surface area contributed by atoms with Crippen LogP contribution < -0.4 is 0 Å². The summed E-state index contributed by atoms with van der Waals surface area (Å²) >= 11 is 1.91. The van der Waals surface area contributed by atoms with E-state index in [1.165, 1.54) is 0 Å². The zero-order valence-corrected chi connectivity index (χ0v) is 12.8. The molecule has 0 atom stereocenters. The molecule has 90 valence electrons. The van der Waals surface area contributed by atoms with Crippen molar-refractivity contribution in [2.75, 3.05) is 6.61 Å². The molecule has 0 radical (unpaired) electrons. The van der Waals surface area contributed by atoms with Crippen molar-refractivity contribution < 1.29 is 7.86 Å². The Labute approximate surface area is 108 Å². The van der Waals surface area contributed by atoms with Crippen LogP contribution >= 0.6 is 23.0 Å². The molecule has 0 aromatic rings. The van der Waals surface area contributed by atoms with Gasteiger partial charge in [-0.2, -0.15) is 0 Å². The molecule has 0 spiro atoms. The van der Waals surface area contributed by atoms with Crippen molar-refractivity contribution in [2.45, 2.75) is 48.0 Å². The lowest BCUT2D eigenvalue weighted by Gasteiger charge is -2.34. The van der Waals surface area contributed by atoms with E-state index in [4.69, 9.17) is 3.07 Å². The van der Waals surface area contributed by atoms with Crippen molar-refractivity contribution in [3.63, 3.8) is 0 Å². The monoisotopic (exact) mass is 326 g/mol. The minimum absolute atomic E-state index is 0.0508.